The fraction of sp³-hybridized carbons (Fsp3) is 0.955. The number of hydrogen-bond donors (Lipinski definition) is 1. The summed E-state index contributed by atoms with van der Waals surface area (Å²) in [5.74, 6) is 2.57. The minimum Gasteiger partial charge on any atom is -0.381 e. The minimum absolute atomic E-state index is 0. The zero-order chi connectivity index (χ0) is 19.1. The van der Waals surface area contributed by atoms with Gasteiger partial charge in [0.25, 0.3) is 0 Å². The van der Waals surface area contributed by atoms with E-state index in [0.717, 1.165) is 37.4 Å². The Kier molecular flexibility index (Phi) is 6.98. The highest BCUT2D eigenvalue weighted by molar-refractivity contribution is 14.0. The molecule has 1 N–H and O–H groups in total. The van der Waals surface area contributed by atoms with E-state index in [-0.39, 0.29) is 24.0 Å². The standard InChI is InChI=1S/C22H38N4O2.HI/c1-23-21(25-13-17-18(14-25)20-6-5-19(17)28-20)24-15-22(9-3-4-10-22)26-11-7-16(27-2)8-12-26;/h16-20H,3-15H2,1-2H3,(H,23,24);1H. The van der Waals surface area contributed by atoms with Crippen LogP contribution in [0, 0.1) is 11.8 Å². The van der Waals surface area contributed by atoms with E-state index in [1.165, 1.54) is 64.5 Å². The molecular formula is C22H39IN4O2. The van der Waals surface area contributed by atoms with Crippen LogP contribution in [0.25, 0.3) is 0 Å². The molecule has 4 atom stereocenters. The van der Waals surface area contributed by atoms with Crippen LogP contribution in [0.5, 0.6) is 0 Å². The van der Waals surface area contributed by atoms with E-state index in [1.54, 1.807) is 0 Å². The number of ether oxygens (including phenoxy) is 2. The van der Waals surface area contributed by atoms with E-state index >= 15 is 0 Å². The zero-order valence-corrected chi connectivity index (χ0v) is 20.5. The van der Waals surface area contributed by atoms with Crippen molar-refractivity contribution < 1.29 is 9.47 Å². The Morgan fingerprint density at radius 1 is 1.07 bits per heavy atom. The fourth-order valence-corrected chi connectivity index (χ4v) is 6.91. The maximum Gasteiger partial charge on any atom is 0.193 e. The van der Waals surface area contributed by atoms with Crippen LogP contribution in [0.4, 0.5) is 0 Å². The first kappa shape index (κ1) is 22.1. The van der Waals surface area contributed by atoms with E-state index in [0.29, 0.717) is 23.9 Å². The molecule has 0 radical (unpaired) electrons. The monoisotopic (exact) mass is 518 g/mol. The molecule has 29 heavy (non-hydrogen) atoms. The highest BCUT2D eigenvalue weighted by atomic mass is 127. The number of hydrogen-bond acceptors (Lipinski definition) is 4. The summed E-state index contributed by atoms with van der Waals surface area (Å²) >= 11 is 0. The SMILES string of the molecule is CN=C(NCC1(N2CCC(OC)CC2)CCCC1)N1CC2C3CCC(O3)C2C1.I. The Hall–Kier alpha value is -0.120. The summed E-state index contributed by atoms with van der Waals surface area (Å²) < 4.78 is 11.8. The molecule has 0 spiro atoms. The highest BCUT2D eigenvalue weighted by Gasteiger charge is 2.53. The molecule has 5 aliphatic rings. The molecule has 4 saturated heterocycles. The summed E-state index contributed by atoms with van der Waals surface area (Å²) in [7, 11) is 3.81. The molecule has 1 saturated carbocycles. The van der Waals surface area contributed by atoms with Gasteiger partial charge < -0.3 is 19.7 Å². The van der Waals surface area contributed by atoms with Gasteiger partial charge in [-0.15, -0.1) is 24.0 Å². The van der Waals surface area contributed by atoms with Crippen molar-refractivity contribution in [3.8, 4) is 0 Å². The molecule has 0 aromatic carbocycles. The molecule has 0 aromatic rings. The van der Waals surface area contributed by atoms with Gasteiger partial charge in [-0.25, -0.2) is 0 Å². The largest absolute Gasteiger partial charge is 0.381 e. The smallest absolute Gasteiger partial charge is 0.193 e. The van der Waals surface area contributed by atoms with Gasteiger partial charge in [-0.3, -0.25) is 9.89 Å². The summed E-state index contributed by atoms with van der Waals surface area (Å²) in [5, 5.41) is 3.82. The van der Waals surface area contributed by atoms with Crippen molar-refractivity contribution in [3.05, 3.63) is 0 Å². The van der Waals surface area contributed by atoms with Crippen LogP contribution >= 0.6 is 24.0 Å². The van der Waals surface area contributed by atoms with Crippen LogP contribution in [0.1, 0.15) is 51.4 Å². The summed E-state index contributed by atoms with van der Waals surface area (Å²) in [4.78, 5) is 9.97. The molecule has 4 unspecified atom stereocenters. The molecule has 2 bridgehead atoms. The van der Waals surface area contributed by atoms with Crippen molar-refractivity contribution in [3.63, 3.8) is 0 Å². The first-order chi connectivity index (χ1) is 13.7. The normalized spacial score (nSPS) is 37.0. The second kappa shape index (κ2) is 9.17. The number of piperidine rings is 1. The van der Waals surface area contributed by atoms with Crippen LogP contribution < -0.4 is 5.32 Å². The molecule has 4 heterocycles. The summed E-state index contributed by atoms with van der Waals surface area (Å²) in [5.41, 5.74) is 0.312. The molecule has 7 heteroatoms. The number of nitrogens with one attached hydrogen (secondary N) is 1. The van der Waals surface area contributed by atoms with Crippen LogP contribution in [-0.4, -0.2) is 86.5 Å². The third-order valence-electron chi connectivity index (χ3n) is 8.52. The van der Waals surface area contributed by atoms with Gasteiger partial charge in [0.1, 0.15) is 0 Å². The first-order valence-electron chi connectivity index (χ1n) is 11.6. The second-order valence-electron chi connectivity index (χ2n) is 9.78. The average Bonchev–Trinajstić information content (AvgIpc) is 3.50. The Bertz CT molecular complexity index is 571. The van der Waals surface area contributed by atoms with Gasteiger partial charge >= 0.3 is 0 Å². The molecule has 6 nitrogen and oxygen atoms in total. The van der Waals surface area contributed by atoms with Crippen LogP contribution in [0.3, 0.4) is 0 Å². The highest BCUT2D eigenvalue weighted by Crippen LogP contribution is 2.47. The predicted octanol–water partition coefficient (Wildman–Crippen LogP) is 2.71. The number of methoxy groups -OCH3 is 1. The number of aliphatic imine (C=N–C) groups is 1. The lowest BCUT2D eigenvalue weighted by Crippen LogP contribution is -2.58. The van der Waals surface area contributed by atoms with Gasteiger partial charge in [0.05, 0.1) is 18.3 Å². The summed E-state index contributed by atoms with van der Waals surface area (Å²) in [6.07, 6.45) is 11.7. The molecule has 166 valence electrons. The predicted molar refractivity (Wildman–Crippen MR) is 126 cm³/mol. The third kappa shape index (κ3) is 4.05. The number of nitrogens with zero attached hydrogens (tertiary/aromatic N) is 3. The van der Waals surface area contributed by atoms with Crippen molar-refractivity contribution in [2.45, 2.75) is 75.2 Å². The van der Waals surface area contributed by atoms with E-state index < -0.39 is 0 Å². The zero-order valence-electron chi connectivity index (χ0n) is 18.1. The lowest BCUT2D eigenvalue weighted by atomic mass is 9.82. The number of likely N-dealkylation sites (tertiary alicyclic amines) is 2. The van der Waals surface area contributed by atoms with E-state index in [9.17, 15) is 0 Å². The van der Waals surface area contributed by atoms with E-state index in [4.69, 9.17) is 9.47 Å². The Morgan fingerprint density at radius 2 is 1.69 bits per heavy atom. The van der Waals surface area contributed by atoms with Crippen molar-refractivity contribution >= 4 is 29.9 Å². The lowest BCUT2D eigenvalue weighted by molar-refractivity contribution is -0.00181. The molecule has 1 aliphatic carbocycles. The third-order valence-corrected chi connectivity index (χ3v) is 8.52. The van der Waals surface area contributed by atoms with Crippen molar-refractivity contribution in [1.29, 1.82) is 0 Å². The summed E-state index contributed by atoms with van der Waals surface area (Å²) in [6, 6.07) is 0. The summed E-state index contributed by atoms with van der Waals surface area (Å²) in [6.45, 7) is 5.63. The maximum absolute atomic E-state index is 6.15. The number of guanidine groups is 1. The Morgan fingerprint density at radius 3 is 2.24 bits per heavy atom. The number of rotatable bonds is 4. The van der Waals surface area contributed by atoms with Gasteiger partial charge in [0.15, 0.2) is 5.96 Å². The van der Waals surface area contributed by atoms with Crippen molar-refractivity contribution in [1.82, 2.24) is 15.1 Å². The van der Waals surface area contributed by atoms with Gasteiger partial charge in [0, 0.05) is 64.3 Å². The van der Waals surface area contributed by atoms with E-state index in [1.807, 2.05) is 14.2 Å². The van der Waals surface area contributed by atoms with E-state index in [2.05, 4.69) is 20.1 Å². The van der Waals surface area contributed by atoms with Gasteiger partial charge in [0.2, 0.25) is 0 Å². The number of fused-ring (bicyclic) bond motifs is 5. The van der Waals surface area contributed by atoms with Crippen LogP contribution in [-0.2, 0) is 9.47 Å². The maximum atomic E-state index is 6.15. The van der Waals surface area contributed by atoms with Crippen molar-refractivity contribution in [2.75, 3.05) is 46.9 Å². The molecule has 5 fully saturated rings. The van der Waals surface area contributed by atoms with Crippen LogP contribution in [0.2, 0.25) is 0 Å². The fourth-order valence-electron chi connectivity index (χ4n) is 6.91. The van der Waals surface area contributed by atoms with Gasteiger partial charge in [-0.05, 0) is 38.5 Å². The minimum atomic E-state index is 0. The van der Waals surface area contributed by atoms with Gasteiger partial charge in [-0.2, -0.15) is 0 Å². The Labute approximate surface area is 193 Å². The molecule has 0 aromatic heterocycles. The molecular weight excluding hydrogens is 479 g/mol. The topological polar surface area (TPSA) is 49.3 Å². The average molecular weight is 518 g/mol. The van der Waals surface area contributed by atoms with Crippen molar-refractivity contribution in [2.24, 2.45) is 16.8 Å². The molecule has 4 aliphatic heterocycles. The molecule has 5 rings (SSSR count). The van der Waals surface area contributed by atoms with Gasteiger partial charge in [-0.1, -0.05) is 12.8 Å². The number of halogens is 1. The Balaban J connectivity index is 0.00000205. The quantitative estimate of drug-likeness (QED) is 0.353. The lowest BCUT2D eigenvalue weighted by Gasteiger charge is -2.45. The van der Waals surface area contributed by atoms with Crippen LogP contribution in [0.15, 0.2) is 4.99 Å². The second-order valence-corrected chi connectivity index (χ2v) is 9.78. The first-order valence-corrected chi connectivity index (χ1v) is 11.6. The molecule has 0 amide bonds.